The summed E-state index contributed by atoms with van der Waals surface area (Å²) in [4.78, 5) is 35.2. The quantitative estimate of drug-likeness (QED) is 0.367. The fourth-order valence-corrected chi connectivity index (χ4v) is 7.92. The second kappa shape index (κ2) is 11.5. The van der Waals surface area contributed by atoms with E-state index in [9.17, 15) is 23.7 Å². The second-order valence-corrected chi connectivity index (χ2v) is 11.3. The zero-order valence-corrected chi connectivity index (χ0v) is 18.3. The summed E-state index contributed by atoms with van der Waals surface area (Å²) in [6.45, 7) is 4.62. The number of carbonyl (C=O) groups is 1. The molecule has 0 saturated carbocycles. The highest BCUT2D eigenvalue weighted by Gasteiger charge is 2.52. The van der Waals surface area contributed by atoms with Crippen molar-refractivity contribution in [2.24, 2.45) is 0 Å². The number of carbonyl (C=O) groups excluding carboxylic acids is 1. The van der Waals surface area contributed by atoms with E-state index in [1.54, 1.807) is 32.2 Å². The minimum absolute atomic E-state index is 0.00622. The normalized spacial score (nSPS) is 14.7. The molecule has 2 unspecified atom stereocenters. The van der Waals surface area contributed by atoms with Crippen LogP contribution in [-0.2, 0) is 23.0 Å². The Labute approximate surface area is 164 Å². The van der Waals surface area contributed by atoms with Crippen molar-refractivity contribution in [2.75, 3.05) is 19.0 Å². The van der Waals surface area contributed by atoms with Gasteiger partial charge in [0.2, 0.25) is 0 Å². The summed E-state index contributed by atoms with van der Waals surface area (Å²) in [6, 6.07) is 3.33. The molecular formula is C16H27NO7P2S. The van der Waals surface area contributed by atoms with Gasteiger partial charge in [-0.1, -0.05) is 17.8 Å². The van der Waals surface area contributed by atoms with Crippen molar-refractivity contribution in [3.05, 3.63) is 30.1 Å². The van der Waals surface area contributed by atoms with Crippen LogP contribution in [0.4, 0.5) is 0 Å². The van der Waals surface area contributed by atoms with Gasteiger partial charge in [0.05, 0.1) is 13.2 Å². The van der Waals surface area contributed by atoms with E-state index in [0.717, 1.165) is 11.8 Å². The molecule has 2 N–H and O–H groups in total. The smallest absolute Gasteiger partial charge is 0.324 e. The Hall–Kier alpha value is -0.530. The van der Waals surface area contributed by atoms with Crippen LogP contribution in [0.3, 0.4) is 0 Å². The topological polar surface area (TPSA) is 123 Å². The fourth-order valence-electron chi connectivity index (χ4n) is 2.79. The molecule has 0 aliphatic carbocycles. The van der Waals surface area contributed by atoms with Crippen molar-refractivity contribution in [3.8, 4) is 0 Å². The first-order valence-electron chi connectivity index (χ1n) is 8.63. The Kier molecular flexibility index (Phi) is 10.4. The lowest BCUT2D eigenvalue weighted by Crippen LogP contribution is -2.23. The molecule has 1 aromatic heterocycles. The van der Waals surface area contributed by atoms with Gasteiger partial charge in [-0.25, -0.2) is 0 Å². The molecule has 1 aromatic rings. The van der Waals surface area contributed by atoms with Gasteiger partial charge in [-0.05, 0) is 38.3 Å². The van der Waals surface area contributed by atoms with E-state index >= 15 is 0 Å². The minimum atomic E-state index is -4.86. The maximum Gasteiger partial charge on any atom is 0.346 e. The Morgan fingerprint density at radius 2 is 1.89 bits per heavy atom. The van der Waals surface area contributed by atoms with Crippen LogP contribution in [0.25, 0.3) is 0 Å². The molecule has 2 atom stereocenters. The van der Waals surface area contributed by atoms with Crippen molar-refractivity contribution in [2.45, 2.75) is 44.9 Å². The van der Waals surface area contributed by atoms with Crippen LogP contribution in [0.15, 0.2) is 24.5 Å². The second-order valence-electron chi connectivity index (χ2n) is 5.75. The monoisotopic (exact) mass is 439 g/mol. The van der Waals surface area contributed by atoms with Crippen molar-refractivity contribution in [1.82, 2.24) is 4.98 Å². The molecule has 1 rings (SSSR count). The van der Waals surface area contributed by atoms with Crippen LogP contribution in [0.1, 0.15) is 45.1 Å². The molecular weight excluding hydrogens is 412 g/mol. The fraction of sp³-hybridized carbons (Fsp3) is 0.625. The predicted octanol–water partition coefficient (Wildman–Crippen LogP) is 4.00. The first kappa shape index (κ1) is 24.5. The summed E-state index contributed by atoms with van der Waals surface area (Å²) in [5, 5.41) is -1.68. The summed E-state index contributed by atoms with van der Waals surface area (Å²) in [5.74, 6) is -0.302. The number of hydrogen-bond acceptors (Lipinski definition) is 7. The van der Waals surface area contributed by atoms with E-state index in [2.05, 4.69) is 4.98 Å². The summed E-state index contributed by atoms with van der Waals surface area (Å²) >= 11 is 1.14. The Balaban J connectivity index is 3.30. The molecule has 8 nitrogen and oxygen atoms in total. The zero-order valence-electron chi connectivity index (χ0n) is 15.7. The van der Waals surface area contributed by atoms with Gasteiger partial charge >= 0.3 is 15.2 Å². The van der Waals surface area contributed by atoms with Gasteiger partial charge in [-0.15, -0.1) is 0 Å². The number of hydrogen-bond donors (Lipinski definition) is 2. The summed E-state index contributed by atoms with van der Waals surface area (Å²) < 4.78 is 36.2. The summed E-state index contributed by atoms with van der Waals surface area (Å²) in [6.07, 6.45) is 3.83. The average Bonchev–Trinajstić information content (AvgIpc) is 2.57. The lowest BCUT2D eigenvalue weighted by molar-refractivity contribution is -0.109. The van der Waals surface area contributed by atoms with E-state index in [1.807, 2.05) is 0 Å². The number of pyridine rings is 1. The first-order valence-corrected chi connectivity index (χ1v) is 12.9. The van der Waals surface area contributed by atoms with Gasteiger partial charge in [-0.3, -0.25) is 18.9 Å². The van der Waals surface area contributed by atoms with Crippen LogP contribution in [0.5, 0.6) is 0 Å². The summed E-state index contributed by atoms with van der Waals surface area (Å²) in [7, 11) is -8.97. The van der Waals surface area contributed by atoms with Gasteiger partial charge in [0, 0.05) is 31.0 Å². The number of aromatic nitrogens is 1. The number of nitrogens with zero attached hydrogens (tertiary/aromatic N) is 1. The van der Waals surface area contributed by atoms with Crippen molar-refractivity contribution in [1.29, 1.82) is 0 Å². The van der Waals surface area contributed by atoms with Gasteiger partial charge < -0.3 is 18.8 Å². The maximum absolute atomic E-state index is 13.3. The third-order valence-electron chi connectivity index (χ3n) is 3.72. The molecule has 0 spiro atoms. The highest BCUT2D eigenvalue weighted by Crippen LogP contribution is 2.70. The SMILES string of the molecule is CCOP(=O)(OCC)C(C(CCCSC(C)=O)c1cccnc1)P(=O)(O)O. The number of thioether (sulfide) groups is 1. The molecule has 0 radical (unpaired) electrons. The molecule has 11 heteroatoms. The van der Waals surface area contributed by atoms with Crippen molar-refractivity contribution < 1.29 is 32.8 Å². The van der Waals surface area contributed by atoms with Gasteiger partial charge in [-0.2, -0.15) is 0 Å². The molecule has 0 saturated heterocycles. The summed E-state index contributed by atoms with van der Waals surface area (Å²) in [5.41, 5.74) is 0.540. The number of rotatable bonds is 12. The molecule has 0 bridgehead atoms. The van der Waals surface area contributed by atoms with E-state index in [-0.39, 0.29) is 18.3 Å². The predicted molar refractivity (Wildman–Crippen MR) is 106 cm³/mol. The van der Waals surface area contributed by atoms with E-state index < -0.39 is 26.5 Å². The standard InChI is InChI=1S/C16H27NO7P2S/c1-4-23-26(22,24-5-2)16(25(19,20)21)15(9-7-11-27-13(3)18)14-8-6-10-17-12-14/h6,8,10,12,15-16H,4-5,7,9,11H2,1-3H3,(H2,19,20,21). The van der Waals surface area contributed by atoms with Crippen LogP contribution >= 0.6 is 27.0 Å². The average molecular weight is 439 g/mol. The lowest BCUT2D eigenvalue weighted by Gasteiger charge is -2.33. The maximum atomic E-state index is 13.3. The van der Waals surface area contributed by atoms with E-state index in [4.69, 9.17) is 9.05 Å². The molecule has 154 valence electrons. The van der Waals surface area contributed by atoms with Crippen molar-refractivity contribution >= 4 is 32.1 Å². The van der Waals surface area contributed by atoms with Crippen LogP contribution < -0.4 is 0 Å². The van der Waals surface area contributed by atoms with Crippen LogP contribution in [-0.4, -0.2) is 44.3 Å². The van der Waals surface area contributed by atoms with Crippen molar-refractivity contribution in [3.63, 3.8) is 0 Å². The van der Waals surface area contributed by atoms with Gasteiger partial charge in [0.25, 0.3) is 0 Å². The molecule has 0 fully saturated rings. The third-order valence-corrected chi connectivity index (χ3v) is 9.67. The highest BCUT2D eigenvalue weighted by atomic mass is 32.2. The van der Waals surface area contributed by atoms with Crippen LogP contribution in [0, 0.1) is 0 Å². The molecule has 0 aliphatic rings. The zero-order chi connectivity index (χ0) is 20.5. The molecule has 1 heterocycles. The minimum Gasteiger partial charge on any atom is -0.324 e. The highest BCUT2D eigenvalue weighted by molar-refractivity contribution is 8.13. The first-order chi connectivity index (χ1) is 12.7. The van der Waals surface area contributed by atoms with E-state index in [1.165, 1.54) is 13.1 Å². The molecule has 0 amide bonds. The van der Waals surface area contributed by atoms with E-state index in [0.29, 0.717) is 24.2 Å². The Bertz CT molecular complexity index is 673. The Morgan fingerprint density at radius 1 is 1.26 bits per heavy atom. The van der Waals surface area contributed by atoms with Gasteiger partial charge in [0.1, 0.15) is 0 Å². The largest absolute Gasteiger partial charge is 0.346 e. The molecule has 0 aromatic carbocycles. The Morgan fingerprint density at radius 3 is 2.33 bits per heavy atom. The van der Waals surface area contributed by atoms with Crippen LogP contribution in [0.2, 0.25) is 0 Å². The lowest BCUT2D eigenvalue weighted by atomic mass is 9.98. The van der Waals surface area contributed by atoms with Gasteiger partial charge in [0.15, 0.2) is 10.5 Å². The molecule has 27 heavy (non-hydrogen) atoms. The molecule has 0 aliphatic heterocycles. The third kappa shape index (κ3) is 7.78.